The maximum Gasteiger partial charge on any atom is 0.253 e. The fourth-order valence-electron chi connectivity index (χ4n) is 3.12. The zero-order valence-corrected chi connectivity index (χ0v) is 14.5. The highest BCUT2D eigenvalue weighted by atomic mass is 19.1. The Morgan fingerprint density at radius 3 is 2.56 bits per heavy atom. The third kappa shape index (κ3) is 4.86. The van der Waals surface area contributed by atoms with Crippen LogP contribution in [0.5, 0.6) is 0 Å². The lowest BCUT2D eigenvalue weighted by molar-refractivity contribution is 0.0690. The molecule has 0 saturated carbocycles. The predicted octanol–water partition coefficient (Wildman–Crippen LogP) is 3.17. The van der Waals surface area contributed by atoms with E-state index in [-0.39, 0.29) is 11.7 Å². The Balaban J connectivity index is 1.41. The number of hydrogen-bond donors (Lipinski definition) is 1. The highest BCUT2D eigenvalue weighted by Crippen LogP contribution is 2.19. The van der Waals surface area contributed by atoms with Crippen molar-refractivity contribution in [2.75, 3.05) is 19.6 Å². The van der Waals surface area contributed by atoms with Gasteiger partial charge in [0.05, 0.1) is 5.69 Å². The van der Waals surface area contributed by atoms with Gasteiger partial charge in [-0.25, -0.2) is 4.39 Å². The van der Waals surface area contributed by atoms with Crippen molar-refractivity contribution in [3.8, 4) is 0 Å². The van der Waals surface area contributed by atoms with Crippen LogP contribution in [0.1, 0.15) is 34.5 Å². The van der Waals surface area contributed by atoms with E-state index in [4.69, 9.17) is 0 Å². The molecule has 25 heavy (non-hydrogen) atoms. The summed E-state index contributed by atoms with van der Waals surface area (Å²) in [5.74, 6) is 0.252. The molecule has 1 fully saturated rings. The Morgan fingerprint density at radius 2 is 1.92 bits per heavy atom. The second kappa shape index (κ2) is 8.21. The van der Waals surface area contributed by atoms with Gasteiger partial charge in [-0.15, -0.1) is 0 Å². The number of benzene rings is 1. The van der Waals surface area contributed by atoms with Crippen molar-refractivity contribution in [1.82, 2.24) is 15.2 Å². The Labute approximate surface area is 148 Å². The molecule has 0 radical (unpaired) electrons. The average molecular weight is 341 g/mol. The van der Waals surface area contributed by atoms with Crippen LogP contribution in [0.3, 0.4) is 0 Å². The van der Waals surface area contributed by atoms with E-state index in [1.54, 1.807) is 12.1 Å². The summed E-state index contributed by atoms with van der Waals surface area (Å²) in [4.78, 5) is 18.7. The maximum atomic E-state index is 13.0. The lowest BCUT2D eigenvalue weighted by Gasteiger charge is -2.32. The number of pyridine rings is 1. The second-order valence-corrected chi connectivity index (χ2v) is 6.70. The Kier molecular flexibility index (Phi) is 5.76. The van der Waals surface area contributed by atoms with Gasteiger partial charge in [-0.05, 0) is 68.1 Å². The number of carbonyl (C=O) groups excluding carboxylic acids is 1. The van der Waals surface area contributed by atoms with Crippen molar-refractivity contribution in [2.24, 2.45) is 5.92 Å². The number of rotatable bonds is 5. The largest absolute Gasteiger partial charge is 0.339 e. The SMILES string of the molecule is Cc1ccc(CNCC2CCN(C(=O)c3ccc(F)cc3)CC2)nc1. The quantitative estimate of drug-likeness (QED) is 0.908. The number of aryl methyl sites for hydroxylation is 1. The first-order valence-corrected chi connectivity index (χ1v) is 8.79. The molecule has 132 valence electrons. The Morgan fingerprint density at radius 1 is 1.20 bits per heavy atom. The maximum absolute atomic E-state index is 13.0. The Bertz CT molecular complexity index is 692. The summed E-state index contributed by atoms with van der Waals surface area (Å²) < 4.78 is 13.0. The molecule has 3 rings (SSSR count). The number of amides is 1. The number of halogens is 1. The number of carbonyl (C=O) groups is 1. The van der Waals surface area contributed by atoms with E-state index in [0.29, 0.717) is 11.5 Å². The third-order valence-corrected chi connectivity index (χ3v) is 4.70. The number of piperidine rings is 1. The first-order chi connectivity index (χ1) is 12.1. The van der Waals surface area contributed by atoms with Gasteiger partial charge in [0.1, 0.15) is 5.82 Å². The van der Waals surface area contributed by atoms with Crippen LogP contribution in [0.15, 0.2) is 42.6 Å². The van der Waals surface area contributed by atoms with Gasteiger partial charge in [-0.2, -0.15) is 0 Å². The molecule has 2 heterocycles. The van der Waals surface area contributed by atoms with E-state index >= 15 is 0 Å². The lowest BCUT2D eigenvalue weighted by atomic mass is 9.96. The molecule has 1 amide bonds. The van der Waals surface area contributed by atoms with Gasteiger partial charge in [-0.1, -0.05) is 6.07 Å². The molecule has 1 aliphatic rings. The van der Waals surface area contributed by atoms with Gasteiger partial charge in [-0.3, -0.25) is 9.78 Å². The van der Waals surface area contributed by atoms with E-state index < -0.39 is 0 Å². The highest BCUT2D eigenvalue weighted by molar-refractivity contribution is 5.94. The van der Waals surface area contributed by atoms with E-state index in [9.17, 15) is 9.18 Å². The standard InChI is InChI=1S/C20H24FN3O/c1-15-2-7-19(23-12-15)14-22-13-16-8-10-24(11-9-16)20(25)17-3-5-18(21)6-4-17/h2-7,12,16,22H,8-11,13-14H2,1H3. The normalized spacial score (nSPS) is 15.4. The van der Waals surface area contributed by atoms with Crippen LogP contribution in [-0.2, 0) is 6.54 Å². The molecular formula is C20H24FN3O. The van der Waals surface area contributed by atoms with Gasteiger partial charge >= 0.3 is 0 Å². The minimum absolute atomic E-state index is 0.00438. The van der Waals surface area contributed by atoms with Crippen LogP contribution in [0.25, 0.3) is 0 Å². The van der Waals surface area contributed by atoms with E-state index in [0.717, 1.165) is 44.7 Å². The summed E-state index contributed by atoms with van der Waals surface area (Å²) in [6.45, 7) is 5.25. The zero-order valence-electron chi connectivity index (χ0n) is 14.5. The van der Waals surface area contributed by atoms with Gasteiger partial charge < -0.3 is 10.2 Å². The van der Waals surface area contributed by atoms with Crippen LogP contribution in [-0.4, -0.2) is 35.4 Å². The summed E-state index contributed by atoms with van der Waals surface area (Å²) >= 11 is 0. The predicted molar refractivity (Wildman–Crippen MR) is 95.7 cm³/mol. The van der Waals surface area contributed by atoms with Crippen molar-refractivity contribution in [2.45, 2.75) is 26.3 Å². The summed E-state index contributed by atoms with van der Waals surface area (Å²) in [6.07, 6.45) is 3.86. The minimum atomic E-state index is -0.315. The van der Waals surface area contributed by atoms with Crippen molar-refractivity contribution in [1.29, 1.82) is 0 Å². The molecule has 0 aliphatic carbocycles. The molecule has 4 nitrogen and oxygen atoms in total. The van der Waals surface area contributed by atoms with E-state index in [2.05, 4.69) is 16.4 Å². The molecular weight excluding hydrogens is 317 g/mol. The summed E-state index contributed by atoms with van der Waals surface area (Å²) in [5.41, 5.74) is 2.78. The minimum Gasteiger partial charge on any atom is -0.339 e. The summed E-state index contributed by atoms with van der Waals surface area (Å²) in [7, 11) is 0. The Hall–Kier alpha value is -2.27. The number of nitrogens with zero attached hydrogens (tertiary/aromatic N) is 2. The van der Waals surface area contributed by atoms with E-state index in [1.165, 1.54) is 17.7 Å². The monoisotopic (exact) mass is 341 g/mol. The van der Waals surface area contributed by atoms with Gasteiger partial charge in [0.15, 0.2) is 0 Å². The lowest BCUT2D eigenvalue weighted by Crippen LogP contribution is -2.40. The molecule has 1 aliphatic heterocycles. The third-order valence-electron chi connectivity index (χ3n) is 4.70. The molecule has 1 saturated heterocycles. The molecule has 1 aromatic carbocycles. The fraction of sp³-hybridized carbons (Fsp3) is 0.400. The number of aromatic nitrogens is 1. The summed E-state index contributed by atoms with van der Waals surface area (Å²) in [5, 5.41) is 3.47. The molecule has 0 atom stereocenters. The molecule has 1 N–H and O–H groups in total. The smallest absolute Gasteiger partial charge is 0.253 e. The first kappa shape index (κ1) is 17.5. The van der Waals surface area contributed by atoms with Crippen LogP contribution in [0.2, 0.25) is 0 Å². The topological polar surface area (TPSA) is 45.2 Å². The molecule has 1 aromatic heterocycles. The number of nitrogens with one attached hydrogen (secondary N) is 1. The van der Waals surface area contributed by atoms with Crippen molar-refractivity contribution in [3.05, 3.63) is 65.2 Å². The second-order valence-electron chi connectivity index (χ2n) is 6.70. The van der Waals surface area contributed by atoms with Crippen LogP contribution < -0.4 is 5.32 Å². The highest BCUT2D eigenvalue weighted by Gasteiger charge is 2.23. The molecule has 2 aromatic rings. The average Bonchev–Trinajstić information content (AvgIpc) is 2.64. The van der Waals surface area contributed by atoms with Crippen LogP contribution in [0.4, 0.5) is 4.39 Å². The fourth-order valence-corrected chi connectivity index (χ4v) is 3.12. The molecule has 5 heteroatoms. The zero-order chi connectivity index (χ0) is 17.6. The number of likely N-dealkylation sites (tertiary alicyclic amines) is 1. The van der Waals surface area contributed by atoms with Crippen molar-refractivity contribution < 1.29 is 9.18 Å². The van der Waals surface area contributed by atoms with Crippen LogP contribution >= 0.6 is 0 Å². The van der Waals surface area contributed by atoms with E-state index in [1.807, 2.05) is 24.1 Å². The summed E-state index contributed by atoms with van der Waals surface area (Å²) in [6, 6.07) is 9.90. The molecule has 0 bridgehead atoms. The molecule has 0 spiro atoms. The van der Waals surface area contributed by atoms with Gasteiger partial charge in [0, 0.05) is 31.4 Å². The van der Waals surface area contributed by atoms with Crippen molar-refractivity contribution in [3.63, 3.8) is 0 Å². The first-order valence-electron chi connectivity index (χ1n) is 8.79. The van der Waals surface area contributed by atoms with Gasteiger partial charge in [0.2, 0.25) is 0 Å². The van der Waals surface area contributed by atoms with Gasteiger partial charge in [0.25, 0.3) is 5.91 Å². The molecule has 0 unspecified atom stereocenters. The van der Waals surface area contributed by atoms with Crippen LogP contribution in [0, 0.1) is 18.7 Å². The number of hydrogen-bond acceptors (Lipinski definition) is 3. The van der Waals surface area contributed by atoms with Crippen molar-refractivity contribution >= 4 is 5.91 Å².